The third-order valence-corrected chi connectivity index (χ3v) is 4.90. The minimum Gasteiger partial charge on any atom is -0.491 e. The Morgan fingerprint density at radius 1 is 1.03 bits per heavy atom. The highest BCUT2D eigenvalue weighted by molar-refractivity contribution is 5.94. The fraction of sp³-hybridized carbons (Fsp3) is 0.200. The van der Waals surface area contributed by atoms with Crippen LogP contribution in [0.4, 0.5) is 0 Å². The van der Waals surface area contributed by atoms with Crippen LogP contribution in [-0.2, 0) is 13.1 Å². The molecule has 0 saturated carbocycles. The number of carbonyl (C=O) groups is 1. The molecule has 32 heavy (non-hydrogen) atoms. The smallest absolute Gasteiger partial charge is 0.274 e. The van der Waals surface area contributed by atoms with Gasteiger partial charge in [0.15, 0.2) is 0 Å². The van der Waals surface area contributed by atoms with Crippen LogP contribution in [0.2, 0.25) is 0 Å². The molecule has 1 N–H and O–H groups in total. The Morgan fingerprint density at radius 2 is 1.78 bits per heavy atom. The Hall–Kier alpha value is -4.00. The summed E-state index contributed by atoms with van der Waals surface area (Å²) in [7, 11) is 0. The lowest BCUT2D eigenvalue weighted by atomic mass is 10.1. The lowest BCUT2D eigenvalue weighted by Crippen LogP contribution is -2.29. The standard InChI is InChI=1S/C25H24N4O3/c1-17(2)32-20-11-9-19(10-12-20)24(30)27-15-23-21-7-3-4-8-22(21)25(31)29(28-23)16-18-6-5-13-26-14-18/h3-14,17H,15-16H2,1-2H3,(H,27,30). The number of nitrogens with zero attached hydrogens (tertiary/aromatic N) is 3. The molecule has 0 aliphatic carbocycles. The second kappa shape index (κ2) is 9.43. The first-order valence-electron chi connectivity index (χ1n) is 10.4. The number of hydrogen-bond acceptors (Lipinski definition) is 5. The molecule has 2 heterocycles. The first kappa shape index (κ1) is 21.2. The van der Waals surface area contributed by atoms with Crippen molar-refractivity contribution in [2.75, 3.05) is 0 Å². The number of rotatable bonds is 7. The second-order valence-corrected chi connectivity index (χ2v) is 7.69. The fourth-order valence-electron chi connectivity index (χ4n) is 3.43. The molecule has 0 fully saturated rings. The van der Waals surface area contributed by atoms with Gasteiger partial charge in [-0.1, -0.05) is 24.3 Å². The Morgan fingerprint density at radius 3 is 2.47 bits per heavy atom. The maximum Gasteiger partial charge on any atom is 0.274 e. The summed E-state index contributed by atoms with van der Waals surface area (Å²) in [5, 5.41) is 8.74. The molecule has 2 aromatic carbocycles. The van der Waals surface area contributed by atoms with Crippen molar-refractivity contribution in [3.8, 4) is 5.75 Å². The molecule has 0 atom stereocenters. The molecular weight excluding hydrogens is 404 g/mol. The average Bonchev–Trinajstić information content (AvgIpc) is 2.81. The second-order valence-electron chi connectivity index (χ2n) is 7.69. The van der Waals surface area contributed by atoms with Gasteiger partial charge in [0, 0.05) is 23.3 Å². The molecule has 4 aromatic rings. The summed E-state index contributed by atoms with van der Waals surface area (Å²) in [5.74, 6) is 0.490. The molecule has 0 aliphatic rings. The van der Waals surface area contributed by atoms with Crippen molar-refractivity contribution < 1.29 is 9.53 Å². The fourth-order valence-corrected chi connectivity index (χ4v) is 3.43. The van der Waals surface area contributed by atoms with E-state index >= 15 is 0 Å². The SMILES string of the molecule is CC(C)Oc1ccc(C(=O)NCc2nn(Cc3cccnc3)c(=O)c3ccccc23)cc1. The van der Waals surface area contributed by atoms with Crippen LogP contribution < -0.4 is 15.6 Å². The van der Waals surface area contributed by atoms with Crippen molar-refractivity contribution in [1.82, 2.24) is 20.1 Å². The third kappa shape index (κ3) is 4.83. The molecule has 0 saturated heterocycles. The van der Waals surface area contributed by atoms with E-state index in [9.17, 15) is 9.59 Å². The van der Waals surface area contributed by atoms with Crippen molar-refractivity contribution in [2.45, 2.75) is 33.0 Å². The van der Waals surface area contributed by atoms with Gasteiger partial charge in [0.1, 0.15) is 5.75 Å². The number of fused-ring (bicyclic) bond motifs is 1. The summed E-state index contributed by atoms with van der Waals surface area (Å²) in [6.45, 7) is 4.39. The molecule has 0 unspecified atom stereocenters. The zero-order valence-electron chi connectivity index (χ0n) is 18.0. The van der Waals surface area contributed by atoms with Crippen molar-refractivity contribution in [2.24, 2.45) is 0 Å². The van der Waals surface area contributed by atoms with E-state index in [-0.39, 0.29) is 24.1 Å². The van der Waals surface area contributed by atoms with Gasteiger partial charge in [-0.15, -0.1) is 0 Å². The predicted octanol–water partition coefficient (Wildman–Crippen LogP) is 3.56. The summed E-state index contributed by atoms with van der Waals surface area (Å²) in [6.07, 6.45) is 3.45. The molecule has 4 rings (SSSR count). The number of aromatic nitrogens is 3. The Kier molecular flexibility index (Phi) is 6.26. The zero-order valence-corrected chi connectivity index (χ0v) is 18.0. The third-order valence-electron chi connectivity index (χ3n) is 4.90. The Balaban J connectivity index is 1.57. The first-order valence-corrected chi connectivity index (χ1v) is 10.4. The quantitative estimate of drug-likeness (QED) is 0.486. The van der Waals surface area contributed by atoms with Gasteiger partial charge in [-0.2, -0.15) is 5.10 Å². The molecule has 7 heteroatoms. The van der Waals surface area contributed by atoms with E-state index in [0.717, 1.165) is 10.9 Å². The van der Waals surface area contributed by atoms with Gasteiger partial charge in [-0.25, -0.2) is 4.68 Å². The van der Waals surface area contributed by atoms with E-state index in [4.69, 9.17) is 4.74 Å². The average molecular weight is 428 g/mol. The minimum atomic E-state index is -0.225. The van der Waals surface area contributed by atoms with Crippen LogP contribution >= 0.6 is 0 Å². The van der Waals surface area contributed by atoms with Gasteiger partial charge >= 0.3 is 0 Å². The number of pyridine rings is 1. The lowest BCUT2D eigenvalue weighted by molar-refractivity contribution is 0.0950. The van der Waals surface area contributed by atoms with E-state index in [1.54, 1.807) is 42.7 Å². The maximum atomic E-state index is 12.9. The lowest BCUT2D eigenvalue weighted by Gasteiger charge is -2.12. The van der Waals surface area contributed by atoms with Crippen molar-refractivity contribution in [3.05, 3.63) is 100 Å². The highest BCUT2D eigenvalue weighted by Gasteiger charge is 2.13. The number of hydrogen-bond donors (Lipinski definition) is 1. The summed E-state index contributed by atoms with van der Waals surface area (Å²) in [6, 6.07) is 18.0. The largest absolute Gasteiger partial charge is 0.491 e. The van der Waals surface area contributed by atoms with Gasteiger partial charge in [0.2, 0.25) is 0 Å². The summed E-state index contributed by atoms with van der Waals surface area (Å²) in [4.78, 5) is 29.7. The van der Waals surface area contributed by atoms with Crippen LogP contribution in [-0.4, -0.2) is 26.8 Å². The highest BCUT2D eigenvalue weighted by Crippen LogP contribution is 2.16. The van der Waals surface area contributed by atoms with E-state index in [2.05, 4.69) is 15.4 Å². The van der Waals surface area contributed by atoms with Crippen LogP contribution in [0.15, 0.2) is 77.9 Å². The molecule has 2 aromatic heterocycles. The summed E-state index contributed by atoms with van der Waals surface area (Å²) >= 11 is 0. The minimum absolute atomic E-state index is 0.0661. The number of amides is 1. The molecule has 0 radical (unpaired) electrons. The first-order chi connectivity index (χ1) is 15.5. The maximum absolute atomic E-state index is 12.9. The summed E-state index contributed by atoms with van der Waals surface area (Å²) in [5.41, 5.74) is 1.84. The van der Waals surface area contributed by atoms with Gasteiger partial charge in [0.25, 0.3) is 11.5 Å². The van der Waals surface area contributed by atoms with Crippen molar-refractivity contribution in [1.29, 1.82) is 0 Å². The molecule has 1 amide bonds. The predicted molar refractivity (Wildman–Crippen MR) is 123 cm³/mol. The Bertz CT molecular complexity index is 1280. The van der Waals surface area contributed by atoms with Gasteiger partial charge < -0.3 is 10.1 Å². The van der Waals surface area contributed by atoms with Crippen LogP contribution in [0.3, 0.4) is 0 Å². The van der Waals surface area contributed by atoms with Crippen molar-refractivity contribution >= 4 is 16.7 Å². The normalized spacial score (nSPS) is 11.0. The highest BCUT2D eigenvalue weighted by atomic mass is 16.5. The molecular formula is C25H24N4O3. The number of ether oxygens (including phenoxy) is 1. The molecule has 0 bridgehead atoms. The van der Waals surface area contributed by atoms with Crippen LogP contribution in [0, 0.1) is 0 Å². The van der Waals surface area contributed by atoms with Gasteiger partial charge in [-0.3, -0.25) is 14.6 Å². The number of benzene rings is 2. The van der Waals surface area contributed by atoms with E-state index in [1.807, 2.05) is 44.2 Å². The van der Waals surface area contributed by atoms with Gasteiger partial charge in [0.05, 0.1) is 30.3 Å². The van der Waals surface area contributed by atoms with Gasteiger partial charge in [-0.05, 0) is 55.8 Å². The molecule has 7 nitrogen and oxygen atoms in total. The molecule has 0 aliphatic heterocycles. The van der Waals surface area contributed by atoms with Crippen LogP contribution in [0.25, 0.3) is 10.8 Å². The molecule has 162 valence electrons. The van der Waals surface area contributed by atoms with E-state index < -0.39 is 0 Å². The van der Waals surface area contributed by atoms with E-state index in [0.29, 0.717) is 28.9 Å². The van der Waals surface area contributed by atoms with Crippen molar-refractivity contribution in [3.63, 3.8) is 0 Å². The Labute approximate surface area is 185 Å². The zero-order chi connectivity index (χ0) is 22.5. The topological polar surface area (TPSA) is 86.1 Å². The number of nitrogens with one attached hydrogen (secondary N) is 1. The van der Waals surface area contributed by atoms with Crippen LogP contribution in [0.5, 0.6) is 5.75 Å². The molecule has 0 spiro atoms. The number of carbonyl (C=O) groups excluding carboxylic acids is 1. The van der Waals surface area contributed by atoms with E-state index in [1.165, 1.54) is 4.68 Å². The van der Waals surface area contributed by atoms with Crippen LogP contribution in [0.1, 0.15) is 35.5 Å². The summed E-state index contributed by atoms with van der Waals surface area (Å²) < 4.78 is 7.04. The monoisotopic (exact) mass is 428 g/mol.